The molecule has 5 nitrogen and oxygen atoms in total. The first-order valence-corrected chi connectivity index (χ1v) is 3.80. The van der Waals surface area contributed by atoms with E-state index in [4.69, 9.17) is 0 Å². The van der Waals surface area contributed by atoms with Gasteiger partial charge in [-0.05, 0) is 25.8 Å². The number of hydrogen-bond donors (Lipinski definition) is 1. The highest BCUT2D eigenvalue weighted by Crippen LogP contribution is 2.08. The Kier molecular flexibility index (Phi) is 3.10. The Morgan fingerprint density at radius 2 is 2.55 bits per heavy atom. The van der Waals surface area contributed by atoms with Gasteiger partial charge in [0.1, 0.15) is 0 Å². The maximum Gasteiger partial charge on any atom is 0.294 e. The lowest BCUT2D eigenvalue weighted by atomic mass is 10.2. The summed E-state index contributed by atoms with van der Waals surface area (Å²) in [6.45, 7) is 1.24. The molecule has 11 heavy (non-hydrogen) atoms. The second kappa shape index (κ2) is 4.12. The molecule has 0 spiro atoms. The Labute approximate surface area is 64.8 Å². The molecule has 0 aromatic rings. The van der Waals surface area contributed by atoms with Crippen molar-refractivity contribution in [2.24, 2.45) is 0 Å². The van der Waals surface area contributed by atoms with Gasteiger partial charge in [0, 0.05) is 6.04 Å². The first-order chi connectivity index (χ1) is 5.29. The van der Waals surface area contributed by atoms with Crippen molar-refractivity contribution in [1.29, 1.82) is 0 Å². The van der Waals surface area contributed by atoms with E-state index in [2.05, 4.69) is 10.2 Å². The van der Waals surface area contributed by atoms with Gasteiger partial charge in [-0.1, -0.05) is 0 Å². The van der Waals surface area contributed by atoms with Gasteiger partial charge in [-0.25, -0.2) is 0 Å². The molecular formula is C6H12N2O3. The Morgan fingerprint density at radius 3 is 3.09 bits per heavy atom. The van der Waals surface area contributed by atoms with Crippen LogP contribution in [0.15, 0.2) is 0 Å². The normalized spacial score (nSPS) is 23.5. The molecule has 1 N–H and O–H groups in total. The molecule has 5 heteroatoms. The monoisotopic (exact) mass is 160 g/mol. The van der Waals surface area contributed by atoms with E-state index < -0.39 is 5.09 Å². The standard InChI is InChI=1S/C6H12N2O3/c9-8(10)11-5-3-6-2-1-4-7-6/h6-7H,1-5H2. The molecule has 0 radical (unpaired) electrons. The van der Waals surface area contributed by atoms with E-state index in [1.54, 1.807) is 0 Å². The van der Waals surface area contributed by atoms with Crippen LogP contribution in [-0.2, 0) is 4.84 Å². The average molecular weight is 160 g/mol. The van der Waals surface area contributed by atoms with E-state index in [0.29, 0.717) is 6.04 Å². The van der Waals surface area contributed by atoms with E-state index in [9.17, 15) is 10.1 Å². The molecule has 0 aromatic heterocycles. The summed E-state index contributed by atoms with van der Waals surface area (Å²) in [5.74, 6) is 0. The lowest BCUT2D eigenvalue weighted by molar-refractivity contribution is -0.757. The lowest BCUT2D eigenvalue weighted by Gasteiger charge is -2.07. The van der Waals surface area contributed by atoms with Gasteiger partial charge in [-0.2, -0.15) is 0 Å². The molecule has 1 atom stereocenters. The summed E-state index contributed by atoms with van der Waals surface area (Å²) < 4.78 is 0. The SMILES string of the molecule is O=[N+]([O-])OCCC1CCCN1. The van der Waals surface area contributed by atoms with E-state index in [1.165, 1.54) is 6.42 Å². The van der Waals surface area contributed by atoms with Gasteiger partial charge in [0.25, 0.3) is 5.09 Å². The van der Waals surface area contributed by atoms with Crippen molar-refractivity contribution in [3.63, 3.8) is 0 Å². The molecule has 64 valence electrons. The molecule has 1 heterocycles. The summed E-state index contributed by atoms with van der Waals surface area (Å²) in [5.41, 5.74) is 0. The van der Waals surface area contributed by atoms with Crippen LogP contribution in [0.4, 0.5) is 0 Å². The fourth-order valence-corrected chi connectivity index (χ4v) is 1.27. The van der Waals surface area contributed by atoms with Crippen LogP contribution < -0.4 is 5.32 Å². The van der Waals surface area contributed by atoms with Gasteiger partial charge in [-0.3, -0.25) is 0 Å². The van der Waals surface area contributed by atoms with Gasteiger partial charge in [-0.15, -0.1) is 10.1 Å². The van der Waals surface area contributed by atoms with Crippen LogP contribution in [0, 0.1) is 10.1 Å². The van der Waals surface area contributed by atoms with Crippen LogP contribution in [0.5, 0.6) is 0 Å². The van der Waals surface area contributed by atoms with E-state index in [0.717, 1.165) is 19.4 Å². The number of hydrogen-bond acceptors (Lipinski definition) is 4. The summed E-state index contributed by atoms with van der Waals surface area (Å²) in [6.07, 6.45) is 3.02. The maximum atomic E-state index is 9.74. The van der Waals surface area contributed by atoms with Crippen LogP contribution in [0.2, 0.25) is 0 Å². The quantitative estimate of drug-likeness (QED) is 0.475. The zero-order valence-corrected chi connectivity index (χ0v) is 6.28. The summed E-state index contributed by atoms with van der Waals surface area (Å²) in [4.78, 5) is 13.9. The Hall–Kier alpha value is -0.840. The highest BCUT2D eigenvalue weighted by atomic mass is 16.9. The molecule has 0 amide bonds. The van der Waals surface area contributed by atoms with Gasteiger partial charge < -0.3 is 10.2 Å². The van der Waals surface area contributed by atoms with Crippen LogP contribution in [0.25, 0.3) is 0 Å². The molecule has 0 aromatic carbocycles. The topological polar surface area (TPSA) is 64.4 Å². The number of nitrogens with one attached hydrogen (secondary N) is 1. The number of rotatable bonds is 4. The zero-order valence-electron chi connectivity index (χ0n) is 6.28. The second-order valence-electron chi connectivity index (χ2n) is 2.64. The highest BCUT2D eigenvalue weighted by Gasteiger charge is 2.13. The minimum atomic E-state index is -0.741. The molecule has 1 rings (SSSR count). The van der Waals surface area contributed by atoms with Crippen LogP contribution in [0.1, 0.15) is 19.3 Å². The maximum absolute atomic E-state index is 9.74. The highest BCUT2D eigenvalue weighted by molar-refractivity contribution is 4.73. The first-order valence-electron chi connectivity index (χ1n) is 3.80. The van der Waals surface area contributed by atoms with E-state index >= 15 is 0 Å². The van der Waals surface area contributed by atoms with E-state index in [1.807, 2.05) is 0 Å². The van der Waals surface area contributed by atoms with Gasteiger partial charge >= 0.3 is 0 Å². The van der Waals surface area contributed by atoms with Crippen molar-refractivity contribution in [3.8, 4) is 0 Å². The van der Waals surface area contributed by atoms with Crippen molar-refractivity contribution in [1.82, 2.24) is 5.32 Å². The molecule has 0 aliphatic carbocycles. The smallest absolute Gasteiger partial charge is 0.294 e. The van der Waals surface area contributed by atoms with Crippen LogP contribution in [0.3, 0.4) is 0 Å². The molecule has 1 fully saturated rings. The zero-order chi connectivity index (χ0) is 8.10. The molecule has 1 aliphatic rings. The summed E-state index contributed by atoms with van der Waals surface area (Å²) in [7, 11) is 0. The minimum Gasteiger partial charge on any atom is -0.314 e. The minimum absolute atomic E-state index is 0.213. The summed E-state index contributed by atoms with van der Waals surface area (Å²) in [5, 5.41) is 12.2. The Balaban J connectivity index is 1.98. The van der Waals surface area contributed by atoms with Crippen LogP contribution >= 0.6 is 0 Å². The van der Waals surface area contributed by atoms with Crippen molar-refractivity contribution in [2.45, 2.75) is 25.3 Å². The predicted octanol–water partition coefficient (Wildman–Crippen LogP) is 0.337. The first kappa shape index (κ1) is 8.26. The summed E-state index contributed by atoms with van der Waals surface area (Å²) in [6, 6.07) is 0.426. The average Bonchev–Trinajstić information content (AvgIpc) is 2.39. The van der Waals surface area contributed by atoms with Crippen molar-refractivity contribution < 1.29 is 9.92 Å². The predicted molar refractivity (Wildman–Crippen MR) is 38.6 cm³/mol. The van der Waals surface area contributed by atoms with Gasteiger partial charge in [0.15, 0.2) is 0 Å². The molecule has 0 saturated carbocycles. The van der Waals surface area contributed by atoms with Crippen LogP contribution in [-0.4, -0.2) is 24.3 Å². The fraction of sp³-hybridized carbons (Fsp3) is 1.00. The van der Waals surface area contributed by atoms with Gasteiger partial charge in [0.05, 0.1) is 6.61 Å². The van der Waals surface area contributed by atoms with E-state index in [-0.39, 0.29) is 6.61 Å². The molecular weight excluding hydrogens is 148 g/mol. The fourth-order valence-electron chi connectivity index (χ4n) is 1.27. The molecule has 1 aliphatic heterocycles. The largest absolute Gasteiger partial charge is 0.314 e. The third-order valence-electron chi connectivity index (χ3n) is 1.83. The lowest BCUT2D eigenvalue weighted by Crippen LogP contribution is -2.23. The molecule has 1 saturated heterocycles. The van der Waals surface area contributed by atoms with Crippen molar-refractivity contribution in [2.75, 3.05) is 13.2 Å². The molecule has 1 unspecified atom stereocenters. The second-order valence-corrected chi connectivity index (χ2v) is 2.64. The van der Waals surface area contributed by atoms with Crippen molar-refractivity contribution in [3.05, 3.63) is 10.1 Å². The van der Waals surface area contributed by atoms with Crippen molar-refractivity contribution >= 4 is 0 Å². The summed E-state index contributed by atoms with van der Waals surface area (Å²) >= 11 is 0. The Bertz CT molecular complexity index is 134. The molecule has 0 bridgehead atoms. The number of nitrogens with zero attached hydrogens (tertiary/aromatic N) is 1. The van der Waals surface area contributed by atoms with Gasteiger partial charge in [0.2, 0.25) is 0 Å². The third-order valence-corrected chi connectivity index (χ3v) is 1.83. The Morgan fingerprint density at radius 1 is 1.73 bits per heavy atom. The third kappa shape index (κ3) is 3.18.